The van der Waals surface area contributed by atoms with Crippen molar-refractivity contribution in [2.45, 2.75) is 58.7 Å². The monoisotopic (exact) mass is 815 g/mol. The average Bonchev–Trinajstić information content (AvgIpc) is 3.26. The Morgan fingerprint density at radius 3 is 1.78 bits per heavy atom. The fourth-order valence-electron chi connectivity index (χ4n) is 6.56. The van der Waals surface area contributed by atoms with E-state index in [1.165, 1.54) is 0 Å². The van der Waals surface area contributed by atoms with E-state index in [4.69, 9.17) is 23.3 Å². The number of carbonyl (C=O) groups is 1. The van der Waals surface area contributed by atoms with Crippen molar-refractivity contribution in [2.24, 2.45) is 15.6 Å². The van der Waals surface area contributed by atoms with Crippen molar-refractivity contribution >= 4 is 31.5 Å². The molecule has 0 heterocycles. The first-order chi connectivity index (χ1) is 28.5. The van der Waals surface area contributed by atoms with Crippen LogP contribution >= 0.6 is 8.53 Å². The van der Waals surface area contributed by atoms with E-state index in [1.807, 2.05) is 134 Å². The van der Waals surface area contributed by atoms with Crippen molar-refractivity contribution in [1.29, 1.82) is 5.26 Å². The van der Waals surface area contributed by atoms with Crippen LogP contribution in [0.15, 0.2) is 144 Å². The number of nitriles is 1. The molecule has 12 heteroatoms. The number of hydrogen-bond acceptors (Lipinski definition) is 10. The van der Waals surface area contributed by atoms with Gasteiger partial charge in [-0.2, -0.15) is 15.5 Å². The maximum Gasteiger partial charge on any atom is 0.259 e. The number of carbonyl (C=O) groups excluding carboxylic acids is 1. The molecule has 0 aliphatic heterocycles. The van der Waals surface area contributed by atoms with Gasteiger partial charge in [0.05, 0.1) is 63.3 Å². The highest BCUT2D eigenvalue weighted by Gasteiger charge is 2.44. The standard InChI is InChI=1S/C47H54N5O6P/c1-35(2)52(36(3)4)59(57-31-15-30-48)58-34-46(5,45(53)49-41-20-14-21-42(32-41)51-50-40-18-12-9-13-19-40)33-56-47(37-16-10-8-11-17-37,38-22-26-43(54-6)27-23-38)39-24-28-44(55-7)29-25-39/h8-14,16-29,32,35-36H,15,31,33-34H2,1-7H3,(H,49,53). The second-order valence-electron chi connectivity index (χ2n) is 14.7. The number of amides is 1. The minimum absolute atomic E-state index is 0.0585. The van der Waals surface area contributed by atoms with Gasteiger partial charge in [0.15, 0.2) is 0 Å². The Morgan fingerprint density at radius 2 is 1.24 bits per heavy atom. The van der Waals surface area contributed by atoms with Crippen LogP contribution in [0.1, 0.15) is 57.7 Å². The Hall–Kier alpha value is -5.47. The van der Waals surface area contributed by atoms with E-state index in [-0.39, 0.29) is 44.2 Å². The minimum Gasteiger partial charge on any atom is -0.497 e. The lowest BCUT2D eigenvalue weighted by atomic mass is 9.79. The first-order valence-electron chi connectivity index (χ1n) is 19.6. The molecule has 2 unspecified atom stereocenters. The molecule has 0 aromatic heterocycles. The van der Waals surface area contributed by atoms with Crippen molar-refractivity contribution in [3.63, 3.8) is 0 Å². The summed E-state index contributed by atoms with van der Waals surface area (Å²) in [4.78, 5) is 14.9. The van der Waals surface area contributed by atoms with Crippen LogP contribution in [0.3, 0.4) is 0 Å². The van der Waals surface area contributed by atoms with Crippen molar-refractivity contribution in [3.8, 4) is 17.6 Å². The third kappa shape index (κ3) is 11.6. The van der Waals surface area contributed by atoms with Crippen LogP contribution in [0, 0.1) is 16.7 Å². The molecule has 0 aliphatic carbocycles. The second-order valence-corrected chi connectivity index (χ2v) is 16.2. The zero-order valence-corrected chi connectivity index (χ0v) is 35.8. The van der Waals surface area contributed by atoms with E-state index in [1.54, 1.807) is 20.3 Å². The quantitative estimate of drug-likeness (QED) is 0.0336. The molecule has 0 saturated carbocycles. The molecule has 1 amide bonds. The number of hydrogen-bond donors (Lipinski definition) is 1. The van der Waals surface area contributed by atoms with Gasteiger partial charge in [0, 0.05) is 17.8 Å². The number of ether oxygens (including phenoxy) is 3. The van der Waals surface area contributed by atoms with Crippen LogP contribution in [-0.2, 0) is 24.2 Å². The van der Waals surface area contributed by atoms with E-state index in [9.17, 15) is 10.1 Å². The molecule has 11 nitrogen and oxygen atoms in total. The molecular formula is C47H54N5O6P. The highest BCUT2D eigenvalue weighted by atomic mass is 31.2. The Balaban J connectivity index is 1.58. The molecule has 59 heavy (non-hydrogen) atoms. The van der Waals surface area contributed by atoms with E-state index < -0.39 is 19.5 Å². The Morgan fingerprint density at radius 1 is 0.712 bits per heavy atom. The summed E-state index contributed by atoms with van der Waals surface area (Å²) in [6, 6.07) is 44.4. The summed E-state index contributed by atoms with van der Waals surface area (Å²) in [7, 11) is 1.57. The lowest BCUT2D eigenvalue weighted by molar-refractivity contribution is -0.134. The lowest BCUT2D eigenvalue weighted by Crippen LogP contribution is -2.45. The molecule has 1 N–H and O–H groups in total. The van der Waals surface area contributed by atoms with E-state index in [2.05, 4.69) is 54.0 Å². The maximum atomic E-state index is 14.9. The van der Waals surface area contributed by atoms with Gasteiger partial charge in [-0.05, 0) is 106 Å². The fraction of sp³-hybridized carbons (Fsp3) is 0.319. The number of anilines is 1. The summed E-state index contributed by atoms with van der Waals surface area (Å²) in [6.07, 6.45) is 0.203. The summed E-state index contributed by atoms with van der Waals surface area (Å²) >= 11 is 0. The molecule has 0 spiro atoms. The van der Waals surface area contributed by atoms with Crippen LogP contribution in [-0.4, -0.2) is 56.7 Å². The normalized spacial score (nSPS) is 13.3. The van der Waals surface area contributed by atoms with Gasteiger partial charge in [-0.3, -0.25) is 4.79 Å². The van der Waals surface area contributed by atoms with Crippen molar-refractivity contribution < 1.29 is 28.1 Å². The van der Waals surface area contributed by atoms with Crippen molar-refractivity contribution in [2.75, 3.05) is 39.4 Å². The zero-order chi connectivity index (χ0) is 42.3. The van der Waals surface area contributed by atoms with E-state index in [0.717, 1.165) is 16.7 Å². The largest absolute Gasteiger partial charge is 0.497 e. The van der Waals surface area contributed by atoms with Gasteiger partial charge in [0.1, 0.15) is 17.1 Å². The third-order valence-corrected chi connectivity index (χ3v) is 11.7. The summed E-state index contributed by atoms with van der Waals surface area (Å²) in [5, 5.41) is 21.2. The smallest absolute Gasteiger partial charge is 0.259 e. The molecule has 0 aliphatic rings. The lowest BCUT2D eigenvalue weighted by Gasteiger charge is -2.40. The fourth-order valence-corrected chi connectivity index (χ4v) is 8.30. The van der Waals surface area contributed by atoms with Crippen molar-refractivity contribution in [1.82, 2.24) is 4.67 Å². The zero-order valence-electron chi connectivity index (χ0n) is 34.9. The Bertz CT molecular complexity index is 2070. The summed E-state index contributed by atoms with van der Waals surface area (Å²) in [6.45, 7) is 10.1. The number of methoxy groups -OCH3 is 2. The highest BCUT2D eigenvalue weighted by Crippen LogP contribution is 2.48. The number of nitrogens with zero attached hydrogens (tertiary/aromatic N) is 4. The van der Waals surface area contributed by atoms with E-state index >= 15 is 0 Å². The number of rotatable bonds is 21. The first kappa shape index (κ1) is 44.6. The molecule has 0 radical (unpaired) electrons. The molecule has 0 bridgehead atoms. The van der Waals surface area contributed by atoms with Gasteiger partial charge in [-0.1, -0.05) is 78.9 Å². The van der Waals surface area contributed by atoms with Gasteiger partial charge in [0.2, 0.25) is 5.91 Å². The molecule has 308 valence electrons. The number of benzene rings is 5. The summed E-state index contributed by atoms with van der Waals surface area (Å²) < 4.78 is 33.5. The molecular weight excluding hydrogens is 762 g/mol. The Kier molecular flexibility index (Phi) is 16.3. The third-order valence-electron chi connectivity index (χ3n) is 9.63. The van der Waals surface area contributed by atoms with E-state index in [0.29, 0.717) is 28.6 Å². The van der Waals surface area contributed by atoms with Crippen LogP contribution in [0.5, 0.6) is 11.5 Å². The first-order valence-corrected chi connectivity index (χ1v) is 20.7. The predicted molar refractivity (Wildman–Crippen MR) is 233 cm³/mol. The van der Waals surface area contributed by atoms with Gasteiger partial charge in [-0.15, -0.1) is 0 Å². The van der Waals surface area contributed by atoms with Gasteiger partial charge < -0.3 is 28.6 Å². The predicted octanol–water partition coefficient (Wildman–Crippen LogP) is 11.4. The highest BCUT2D eigenvalue weighted by molar-refractivity contribution is 7.44. The summed E-state index contributed by atoms with van der Waals surface area (Å²) in [5.41, 5.74) is 1.80. The molecule has 2 atom stereocenters. The van der Waals surface area contributed by atoms with Crippen LogP contribution in [0.25, 0.3) is 0 Å². The van der Waals surface area contributed by atoms with Gasteiger partial charge >= 0.3 is 0 Å². The summed E-state index contributed by atoms with van der Waals surface area (Å²) in [5.74, 6) is 1.05. The molecule has 5 rings (SSSR count). The topological polar surface area (TPSA) is 127 Å². The maximum absolute atomic E-state index is 14.9. The van der Waals surface area contributed by atoms with Crippen LogP contribution < -0.4 is 14.8 Å². The molecule has 5 aromatic carbocycles. The minimum atomic E-state index is -1.69. The molecule has 5 aromatic rings. The van der Waals surface area contributed by atoms with Crippen LogP contribution in [0.4, 0.5) is 17.1 Å². The van der Waals surface area contributed by atoms with Gasteiger partial charge in [-0.25, -0.2) is 4.67 Å². The van der Waals surface area contributed by atoms with Crippen LogP contribution in [0.2, 0.25) is 0 Å². The SMILES string of the molecule is COc1ccc(C(OCC(C)(COP(OCCC#N)N(C(C)C)C(C)C)C(=O)Nc2cccc(N=Nc3ccccc3)c2)(c2ccccc2)c2ccc(OC)cc2)cc1. The number of azo groups is 1. The number of nitrogens with one attached hydrogen (secondary N) is 1. The Labute approximate surface area is 349 Å². The average molecular weight is 816 g/mol. The van der Waals surface area contributed by atoms with Gasteiger partial charge in [0.25, 0.3) is 8.53 Å². The second kappa shape index (κ2) is 21.5. The molecule has 0 saturated heterocycles. The molecule has 0 fully saturated rings. The van der Waals surface area contributed by atoms with Crippen molar-refractivity contribution in [3.05, 3.63) is 150 Å².